The zero-order chi connectivity index (χ0) is 61.6. The van der Waals surface area contributed by atoms with Gasteiger partial charge in [-0.2, -0.15) is 43.2 Å². The third-order valence-corrected chi connectivity index (χ3v) is 17.9. The van der Waals surface area contributed by atoms with Crippen LogP contribution >= 0.6 is 0 Å². The molecule has 0 aliphatic heterocycles. The van der Waals surface area contributed by atoms with Crippen molar-refractivity contribution >= 4 is 32.2 Å². The molecule has 0 radical (unpaired) electrons. The van der Waals surface area contributed by atoms with Crippen LogP contribution < -0.4 is 0 Å². The predicted octanol–water partition coefficient (Wildman–Crippen LogP) is 21.8. The minimum absolute atomic E-state index is 0.211. The summed E-state index contributed by atoms with van der Waals surface area (Å²) in [5.74, 6) is -4.66. The number of hydrogen-bond acceptors (Lipinski definition) is 8. The Kier molecular flexibility index (Phi) is 53.4. The van der Waals surface area contributed by atoms with E-state index >= 15 is 0 Å². The van der Waals surface area contributed by atoms with Crippen LogP contribution in [0.4, 0.5) is 26.3 Å². The molecule has 18 heteroatoms. The Hall–Kier alpha value is -1.66. The van der Waals surface area contributed by atoms with Crippen LogP contribution in [0.25, 0.3) is 0 Å². The Morgan fingerprint density at radius 3 is 0.651 bits per heavy atom. The first-order chi connectivity index (χ1) is 39.6. The predicted molar refractivity (Wildman–Crippen MR) is 328 cm³/mol. The van der Waals surface area contributed by atoms with E-state index in [0.717, 1.165) is 44.4 Å². The summed E-state index contributed by atoms with van der Waals surface area (Å²) >= 11 is 0. The van der Waals surface area contributed by atoms with Gasteiger partial charge >= 0.3 is 24.3 Å². The van der Waals surface area contributed by atoms with Gasteiger partial charge in [0.25, 0.3) is 20.2 Å². The van der Waals surface area contributed by atoms with E-state index in [2.05, 4.69) is 16.4 Å². The van der Waals surface area contributed by atoms with E-state index in [4.69, 9.17) is 9.11 Å². The van der Waals surface area contributed by atoms with Crippen LogP contribution in [-0.2, 0) is 39.3 Å². The zero-order valence-corrected chi connectivity index (χ0v) is 53.9. The lowest BCUT2D eigenvalue weighted by Crippen LogP contribution is -2.39. The fraction of sp³-hybridized carbons (Fsp3) is 0.969. The van der Waals surface area contributed by atoms with Crippen molar-refractivity contribution in [2.45, 2.75) is 385 Å². The van der Waals surface area contributed by atoms with Gasteiger partial charge < -0.3 is 9.47 Å². The number of halogens is 6. The molecule has 0 aliphatic rings. The minimum atomic E-state index is -5.06. The molecule has 2 N–H and O–H groups in total. The standard InChI is InChI=1S/C65H122F6O10S2/c1-2-3-4-5-42-47-52-59(54-49-44-39-35-31-27-23-19-16-17-21-25-29-33-37-41-46-51-56-63(73)81-61(65(69,70)71)58-83(77,78)79)53-48-43-38-34-30-26-22-18-14-12-10-8-6-7-9-11-13-15-20-24-28-32-36-40-45-50-55-62(72)80-60(64(66,67)68)57-82(74,75)76/h59-61H,2-58H2,1H3,(H,74,75,76)(H,77,78,79). The minimum Gasteiger partial charge on any atom is -0.451 e. The highest BCUT2D eigenvalue weighted by Crippen LogP contribution is 2.28. The van der Waals surface area contributed by atoms with E-state index in [1.807, 2.05) is 0 Å². The van der Waals surface area contributed by atoms with Crippen molar-refractivity contribution < 1.29 is 71.3 Å². The van der Waals surface area contributed by atoms with Crippen molar-refractivity contribution in [1.82, 2.24) is 0 Å². The second-order valence-corrected chi connectivity index (χ2v) is 27.6. The highest BCUT2D eigenvalue weighted by Gasteiger charge is 2.46. The maximum absolute atomic E-state index is 12.9. The molecule has 0 amide bonds. The third kappa shape index (κ3) is 60.4. The number of carbonyl (C=O) groups is 2. The summed E-state index contributed by atoms with van der Waals surface area (Å²) in [6.45, 7) is 2.30. The maximum atomic E-state index is 12.9. The van der Waals surface area contributed by atoms with E-state index in [1.165, 1.54) is 276 Å². The van der Waals surface area contributed by atoms with Crippen molar-refractivity contribution in [3.8, 4) is 0 Å². The van der Waals surface area contributed by atoms with E-state index in [9.17, 15) is 52.8 Å². The molecule has 496 valence electrons. The van der Waals surface area contributed by atoms with Gasteiger partial charge in [0.1, 0.15) is 11.5 Å². The lowest BCUT2D eigenvalue weighted by Gasteiger charge is -2.19. The van der Waals surface area contributed by atoms with E-state index in [1.54, 1.807) is 0 Å². The number of rotatable bonds is 63. The van der Waals surface area contributed by atoms with Crippen molar-refractivity contribution in [2.75, 3.05) is 11.5 Å². The Bertz CT molecular complexity index is 1700. The molecule has 0 saturated heterocycles. The smallest absolute Gasteiger partial charge is 0.426 e. The quantitative estimate of drug-likeness (QED) is 0.0260. The number of esters is 2. The van der Waals surface area contributed by atoms with Crippen LogP contribution in [0.1, 0.15) is 360 Å². The molecule has 0 bridgehead atoms. The molecule has 0 rings (SSSR count). The van der Waals surface area contributed by atoms with Crippen LogP contribution in [0.5, 0.6) is 0 Å². The van der Waals surface area contributed by atoms with Crippen LogP contribution in [0.2, 0.25) is 0 Å². The molecule has 83 heavy (non-hydrogen) atoms. The van der Waals surface area contributed by atoms with E-state index in [0.29, 0.717) is 25.7 Å². The van der Waals surface area contributed by atoms with Gasteiger partial charge in [-0.25, -0.2) is 0 Å². The van der Waals surface area contributed by atoms with Gasteiger partial charge in [0, 0.05) is 12.8 Å². The first kappa shape index (κ1) is 81.3. The summed E-state index contributed by atoms with van der Waals surface area (Å²) in [7, 11) is -9.87. The summed E-state index contributed by atoms with van der Waals surface area (Å²) in [5, 5.41) is 0. The summed E-state index contributed by atoms with van der Waals surface area (Å²) < 4.78 is 147. The molecule has 0 heterocycles. The molecular formula is C65H122F6O10S2. The summed E-state index contributed by atoms with van der Waals surface area (Å²) in [6.07, 6.45) is 50.2. The van der Waals surface area contributed by atoms with Crippen molar-refractivity contribution in [3.05, 3.63) is 0 Å². The van der Waals surface area contributed by atoms with Gasteiger partial charge in [0.05, 0.1) is 0 Å². The molecule has 3 unspecified atom stereocenters. The second kappa shape index (κ2) is 54.5. The normalized spacial score (nSPS) is 13.6. The molecule has 0 fully saturated rings. The van der Waals surface area contributed by atoms with E-state index in [-0.39, 0.29) is 12.8 Å². The molecule has 0 spiro atoms. The number of hydrogen-bond donors (Lipinski definition) is 2. The average molecular weight is 1240 g/mol. The highest BCUT2D eigenvalue weighted by molar-refractivity contribution is 7.86. The summed E-state index contributed by atoms with van der Waals surface area (Å²) in [5.41, 5.74) is 0. The van der Waals surface area contributed by atoms with Crippen molar-refractivity contribution in [1.29, 1.82) is 0 Å². The van der Waals surface area contributed by atoms with Crippen LogP contribution in [0, 0.1) is 5.92 Å². The van der Waals surface area contributed by atoms with Gasteiger partial charge in [-0.15, -0.1) is 0 Å². The van der Waals surface area contributed by atoms with Gasteiger partial charge in [-0.05, 0) is 18.8 Å². The number of alkyl halides is 6. The van der Waals surface area contributed by atoms with Crippen LogP contribution in [0.3, 0.4) is 0 Å². The van der Waals surface area contributed by atoms with Crippen LogP contribution in [-0.4, -0.2) is 73.9 Å². The maximum Gasteiger partial charge on any atom is 0.426 e. The molecule has 0 saturated carbocycles. The van der Waals surface area contributed by atoms with Gasteiger partial charge in [-0.3, -0.25) is 18.7 Å². The molecule has 0 aromatic carbocycles. The van der Waals surface area contributed by atoms with Crippen molar-refractivity contribution in [2.24, 2.45) is 5.92 Å². The second-order valence-electron chi connectivity index (χ2n) is 24.6. The number of ether oxygens (including phenoxy) is 2. The van der Waals surface area contributed by atoms with Gasteiger partial charge in [0.15, 0.2) is 0 Å². The lowest BCUT2D eigenvalue weighted by molar-refractivity contribution is -0.215. The van der Waals surface area contributed by atoms with Crippen molar-refractivity contribution in [3.63, 3.8) is 0 Å². The first-order valence-electron chi connectivity index (χ1n) is 34.1. The third-order valence-electron chi connectivity index (χ3n) is 16.5. The monoisotopic (exact) mass is 1240 g/mol. The molecular weight excluding hydrogens is 1120 g/mol. The zero-order valence-electron chi connectivity index (χ0n) is 52.3. The fourth-order valence-electron chi connectivity index (χ4n) is 11.3. The Labute approximate surface area is 503 Å². The van der Waals surface area contributed by atoms with E-state index < -0.39 is 68.2 Å². The average Bonchev–Trinajstić information content (AvgIpc) is 3.47. The summed E-state index contributed by atoms with van der Waals surface area (Å²) in [4.78, 5) is 23.5. The molecule has 10 nitrogen and oxygen atoms in total. The Balaban J connectivity index is 3.72. The van der Waals surface area contributed by atoms with Crippen LogP contribution in [0.15, 0.2) is 0 Å². The SMILES string of the molecule is CCCCCCCCC(CCCCCCCCCCCCCCCCCCCCCCCCCCCCC(=O)OC(CS(=O)(=O)O)C(F)(F)F)CCCCCCCCCCCCCCCCCCCCC(=O)OC(CS(=O)(=O)O)C(F)(F)F. The topological polar surface area (TPSA) is 161 Å². The highest BCUT2D eigenvalue weighted by atomic mass is 32.2. The largest absolute Gasteiger partial charge is 0.451 e. The summed E-state index contributed by atoms with van der Waals surface area (Å²) in [6, 6.07) is 0. The fourth-order valence-corrected chi connectivity index (χ4v) is 12.6. The Morgan fingerprint density at radius 1 is 0.313 bits per heavy atom. The van der Waals surface area contributed by atoms with Gasteiger partial charge in [0.2, 0.25) is 12.2 Å². The molecule has 0 aromatic rings. The molecule has 0 aliphatic carbocycles. The first-order valence-corrected chi connectivity index (χ1v) is 37.3. The molecule has 0 aromatic heterocycles. The lowest BCUT2D eigenvalue weighted by atomic mass is 9.89. The number of unbranched alkanes of at least 4 members (excludes halogenated alkanes) is 47. The van der Waals surface area contributed by atoms with Gasteiger partial charge in [-0.1, -0.05) is 334 Å². The molecule has 3 atom stereocenters. The number of carbonyl (C=O) groups excluding carboxylic acids is 2. The Morgan fingerprint density at radius 2 is 0.482 bits per heavy atom.